The van der Waals surface area contributed by atoms with Crippen LogP contribution < -0.4 is 16.0 Å². The molecule has 4 heterocycles. The molecule has 3 amide bonds. The van der Waals surface area contributed by atoms with E-state index in [9.17, 15) is 14.4 Å². The molecule has 8 atom stereocenters. The molecular formula is C26H37N3O10. The number of alkyl carbamates (subject to hydrolysis) is 1. The lowest BCUT2D eigenvalue weighted by atomic mass is 10.0. The van der Waals surface area contributed by atoms with Gasteiger partial charge in [0.15, 0.2) is 36.4 Å². The molecule has 4 fully saturated rings. The SMILES string of the molecule is CC(C)(C)OC(=O)N[C@@H]1[C@H]2OC(C)(C)O[C@H]2O[C@H]1C(=O)N[C@@H]1[C@H]2OC(C)(C)O[C@H]2O[C@@H]1C(=O)NC1C=CC=C1. The minimum Gasteiger partial charge on any atom is -0.444 e. The molecule has 0 spiro atoms. The van der Waals surface area contributed by atoms with E-state index in [1.54, 1.807) is 48.5 Å². The second-order valence-electron chi connectivity index (χ2n) is 12.1. The van der Waals surface area contributed by atoms with Crippen molar-refractivity contribution in [3.05, 3.63) is 24.3 Å². The molecule has 4 saturated heterocycles. The van der Waals surface area contributed by atoms with Gasteiger partial charge >= 0.3 is 6.09 Å². The maximum atomic E-state index is 13.7. The summed E-state index contributed by atoms with van der Waals surface area (Å²) in [6, 6.07) is -2.15. The van der Waals surface area contributed by atoms with Gasteiger partial charge in [0, 0.05) is 0 Å². The van der Waals surface area contributed by atoms with E-state index >= 15 is 0 Å². The van der Waals surface area contributed by atoms with Crippen LogP contribution in [0.4, 0.5) is 4.79 Å². The zero-order valence-corrected chi connectivity index (χ0v) is 23.1. The fourth-order valence-corrected chi connectivity index (χ4v) is 5.24. The number of nitrogens with one attached hydrogen (secondary N) is 3. The minimum absolute atomic E-state index is 0.297. The predicted octanol–water partition coefficient (Wildman–Crippen LogP) is 0.728. The second-order valence-corrected chi connectivity index (χ2v) is 12.1. The van der Waals surface area contributed by atoms with E-state index in [1.807, 2.05) is 24.3 Å². The Balaban J connectivity index is 1.34. The Morgan fingerprint density at radius 2 is 1.18 bits per heavy atom. The third kappa shape index (κ3) is 5.98. The summed E-state index contributed by atoms with van der Waals surface area (Å²) in [4.78, 5) is 39.5. The van der Waals surface area contributed by atoms with Gasteiger partial charge in [0.2, 0.25) is 0 Å². The van der Waals surface area contributed by atoms with E-state index in [0.29, 0.717) is 0 Å². The normalized spacial score (nSPS) is 37.9. The molecule has 216 valence electrons. The van der Waals surface area contributed by atoms with Crippen LogP contribution in [0.15, 0.2) is 24.3 Å². The number of ether oxygens (including phenoxy) is 7. The monoisotopic (exact) mass is 551 g/mol. The Labute approximate surface area is 226 Å². The molecule has 0 aromatic carbocycles. The van der Waals surface area contributed by atoms with Gasteiger partial charge in [-0.1, -0.05) is 24.3 Å². The van der Waals surface area contributed by atoms with Gasteiger partial charge in [0.1, 0.15) is 17.8 Å². The van der Waals surface area contributed by atoms with Crippen molar-refractivity contribution in [1.29, 1.82) is 0 Å². The van der Waals surface area contributed by atoms with Crippen LogP contribution in [0.5, 0.6) is 0 Å². The highest BCUT2D eigenvalue weighted by Gasteiger charge is 2.60. The largest absolute Gasteiger partial charge is 0.444 e. The molecule has 13 nitrogen and oxygen atoms in total. The first kappa shape index (κ1) is 28.0. The van der Waals surface area contributed by atoms with E-state index in [1.165, 1.54) is 0 Å². The molecule has 4 aliphatic heterocycles. The van der Waals surface area contributed by atoms with Crippen LogP contribution >= 0.6 is 0 Å². The van der Waals surface area contributed by atoms with Gasteiger partial charge in [-0.25, -0.2) is 4.79 Å². The smallest absolute Gasteiger partial charge is 0.408 e. The third-order valence-corrected chi connectivity index (χ3v) is 6.66. The molecule has 0 aromatic rings. The van der Waals surface area contributed by atoms with Crippen LogP contribution in [0, 0.1) is 0 Å². The topological polar surface area (TPSA) is 152 Å². The van der Waals surface area contributed by atoms with Gasteiger partial charge in [-0.3, -0.25) is 9.59 Å². The predicted molar refractivity (Wildman–Crippen MR) is 133 cm³/mol. The Morgan fingerprint density at radius 1 is 0.718 bits per heavy atom. The molecule has 1 aliphatic carbocycles. The van der Waals surface area contributed by atoms with Crippen molar-refractivity contribution in [2.75, 3.05) is 0 Å². The van der Waals surface area contributed by atoms with Crippen LogP contribution in [0.3, 0.4) is 0 Å². The number of allylic oxidation sites excluding steroid dienone is 2. The number of hydrogen-bond donors (Lipinski definition) is 3. The van der Waals surface area contributed by atoms with Gasteiger partial charge in [0.05, 0.1) is 18.1 Å². The van der Waals surface area contributed by atoms with E-state index in [0.717, 1.165) is 0 Å². The number of carbonyl (C=O) groups excluding carboxylic acids is 3. The first-order chi connectivity index (χ1) is 18.1. The molecule has 39 heavy (non-hydrogen) atoms. The maximum Gasteiger partial charge on any atom is 0.408 e. The molecule has 5 aliphatic rings. The molecule has 0 bridgehead atoms. The summed E-state index contributed by atoms with van der Waals surface area (Å²) < 4.78 is 40.8. The zero-order chi connectivity index (χ0) is 28.3. The Kier molecular flexibility index (Phi) is 7.05. The molecule has 3 N–H and O–H groups in total. The van der Waals surface area contributed by atoms with Crippen molar-refractivity contribution in [2.24, 2.45) is 0 Å². The van der Waals surface area contributed by atoms with E-state index < -0.39 is 84.2 Å². The molecule has 13 heteroatoms. The quantitative estimate of drug-likeness (QED) is 0.446. The van der Waals surface area contributed by atoms with Gasteiger partial charge in [-0.2, -0.15) is 0 Å². The standard InChI is InChI=1S/C26H37N3O10/c1-24(2,3)39-23(32)29-14-16(34-22-18(14)36-26(6,7)38-22)20(31)28-13-15(19(30)27-12-10-8-9-11-12)33-21-17(13)35-25(4,5)37-21/h8-18,21-22H,1-7H3,(H,27,30)(H,28,31)(H,29,32)/t13-,14-,15-,16+,17+,18+,21+,22+/m0/s1. The summed E-state index contributed by atoms with van der Waals surface area (Å²) in [5.74, 6) is -3.02. The van der Waals surface area contributed by atoms with Crippen LogP contribution in [0.1, 0.15) is 48.5 Å². The number of amides is 3. The number of rotatable bonds is 5. The molecule has 0 aromatic heterocycles. The van der Waals surface area contributed by atoms with Gasteiger partial charge in [0.25, 0.3) is 11.8 Å². The van der Waals surface area contributed by atoms with Crippen LogP contribution in [-0.2, 0) is 42.7 Å². The van der Waals surface area contributed by atoms with E-state index in [4.69, 9.17) is 33.2 Å². The minimum atomic E-state index is -1.22. The highest BCUT2D eigenvalue weighted by atomic mass is 16.8. The maximum absolute atomic E-state index is 13.7. The highest BCUT2D eigenvalue weighted by molar-refractivity contribution is 5.87. The number of fused-ring (bicyclic) bond motifs is 2. The lowest BCUT2D eigenvalue weighted by molar-refractivity contribution is -0.211. The third-order valence-electron chi connectivity index (χ3n) is 6.66. The first-order valence-electron chi connectivity index (χ1n) is 13.1. The lowest BCUT2D eigenvalue weighted by Crippen LogP contribution is -2.59. The van der Waals surface area contributed by atoms with Gasteiger partial charge < -0.3 is 49.1 Å². The lowest BCUT2D eigenvalue weighted by Gasteiger charge is -2.30. The fraction of sp³-hybridized carbons (Fsp3) is 0.731. The molecule has 5 rings (SSSR count). The number of carbonyl (C=O) groups is 3. The zero-order valence-electron chi connectivity index (χ0n) is 23.1. The summed E-state index contributed by atoms with van der Waals surface area (Å²) in [5, 5.41) is 8.42. The fourth-order valence-electron chi connectivity index (χ4n) is 5.24. The van der Waals surface area contributed by atoms with Crippen LogP contribution in [0.2, 0.25) is 0 Å². The summed E-state index contributed by atoms with van der Waals surface area (Å²) in [6.07, 6.45) is 0.886. The molecule has 0 unspecified atom stereocenters. The number of hydrogen-bond acceptors (Lipinski definition) is 10. The van der Waals surface area contributed by atoms with Crippen molar-refractivity contribution >= 4 is 17.9 Å². The molecule has 0 saturated carbocycles. The van der Waals surface area contributed by atoms with E-state index in [2.05, 4.69) is 16.0 Å². The van der Waals surface area contributed by atoms with Crippen molar-refractivity contribution in [1.82, 2.24) is 16.0 Å². The van der Waals surface area contributed by atoms with E-state index in [-0.39, 0.29) is 6.04 Å². The highest BCUT2D eigenvalue weighted by Crippen LogP contribution is 2.40. The average Bonchev–Trinajstić information content (AvgIpc) is 3.56. The van der Waals surface area contributed by atoms with Crippen molar-refractivity contribution in [2.45, 2.75) is 121 Å². The Hall–Kier alpha value is -2.55. The Morgan fingerprint density at radius 3 is 1.67 bits per heavy atom. The van der Waals surface area contributed by atoms with Crippen LogP contribution in [-0.4, -0.2) is 90.2 Å². The Bertz CT molecular complexity index is 1050. The van der Waals surface area contributed by atoms with Gasteiger partial charge in [-0.15, -0.1) is 0 Å². The summed E-state index contributed by atoms with van der Waals surface area (Å²) in [6.45, 7) is 12.0. The summed E-state index contributed by atoms with van der Waals surface area (Å²) >= 11 is 0. The van der Waals surface area contributed by atoms with Crippen molar-refractivity contribution in [3.8, 4) is 0 Å². The second kappa shape index (κ2) is 9.82. The summed E-state index contributed by atoms with van der Waals surface area (Å²) in [7, 11) is 0. The molecular weight excluding hydrogens is 514 g/mol. The van der Waals surface area contributed by atoms with Crippen molar-refractivity contribution in [3.63, 3.8) is 0 Å². The molecule has 0 radical (unpaired) electrons. The summed E-state index contributed by atoms with van der Waals surface area (Å²) in [5.41, 5.74) is -0.764. The average molecular weight is 552 g/mol. The van der Waals surface area contributed by atoms with Gasteiger partial charge in [-0.05, 0) is 48.5 Å². The van der Waals surface area contributed by atoms with Crippen LogP contribution in [0.25, 0.3) is 0 Å². The first-order valence-corrected chi connectivity index (χ1v) is 13.1. The van der Waals surface area contributed by atoms with Crippen molar-refractivity contribution < 1.29 is 47.5 Å².